The highest BCUT2D eigenvalue weighted by Crippen LogP contribution is 2.40. The highest BCUT2D eigenvalue weighted by Gasteiger charge is 2.35. The van der Waals surface area contributed by atoms with Crippen LogP contribution in [0.5, 0.6) is 0 Å². The Balaban J connectivity index is 0.00000240. The van der Waals surface area contributed by atoms with E-state index in [2.05, 4.69) is 86.0 Å². The van der Waals surface area contributed by atoms with Crippen molar-refractivity contribution >= 4 is 5.78 Å². The number of fused-ring (bicyclic) bond motifs is 1. The van der Waals surface area contributed by atoms with Crippen LogP contribution in [0.15, 0.2) is 54.9 Å². The van der Waals surface area contributed by atoms with Gasteiger partial charge in [0.05, 0.1) is 5.69 Å². The van der Waals surface area contributed by atoms with Crippen LogP contribution < -0.4 is 28.5 Å². The molecule has 0 radical (unpaired) electrons. The average Bonchev–Trinajstić information content (AvgIpc) is 2.99. The molecule has 3 nitrogen and oxygen atoms in total. The van der Waals surface area contributed by atoms with Crippen molar-refractivity contribution < 1.29 is 33.3 Å². The molecule has 4 heteroatoms. The Kier molecular flexibility index (Phi) is 6.32. The van der Waals surface area contributed by atoms with Gasteiger partial charge in [-0.3, -0.25) is 4.79 Å². The van der Waals surface area contributed by atoms with Gasteiger partial charge >= 0.3 is 0 Å². The Bertz CT molecular complexity index is 1000. The molecule has 0 atom stereocenters. The Morgan fingerprint density at radius 1 is 1.03 bits per heavy atom. The number of ketones is 1. The van der Waals surface area contributed by atoms with Crippen molar-refractivity contribution in [2.45, 2.75) is 53.0 Å². The highest BCUT2D eigenvalue weighted by molar-refractivity contribution is 6.02. The number of rotatable bonds is 4. The van der Waals surface area contributed by atoms with Crippen LogP contribution in [0.4, 0.5) is 0 Å². The molecular formula is C25H29IN2O. The predicted octanol–water partition coefficient (Wildman–Crippen LogP) is 2.30. The van der Waals surface area contributed by atoms with E-state index in [1.165, 1.54) is 5.56 Å². The molecule has 152 valence electrons. The molecule has 0 saturated heterocycles. The predicted molar refractivity (Wildman–Crippen MR) is 112 cm³/mol. The zero-order chi connectivity index (χ0) is 19.9. The first-order valence-corrected chi connectivity index (χ1v) is 10.2. The first-order chi connectivity index (χ1) is 13.3. The maximum atomic E-state index is 13.1. The van der Waals surface area contributed by atoms with E-state index in [1.807, 2.05) is 6.07 Å². The van der Waals surface area contributed by atoms with E-state index >= 15 is 0 Å². The molecule has 1 N–H and O–H groups in total. The van der Waals surface area contributed by atoms with Crippen LogP contribution in [-0.2, 0) is 12.8 Å². The monoisotopic (exact) mass is 500 g/mol. The van der Waals surface area contributed by atoms with Crippen molar-refractivity contribution in [3.05, 3.63) is 77.2 Å². The van der Waals surface area contributed by atoms with Crippen LogP contribution in [0.1, 0.15) is 67.3 Å². The van der Waals surface area contributed by atoms with Gasteiger partial charge in [0.15, 0.2) is 24.2 Å². The third kappa shape index (κ3) is 4.47. The van der Waals surface area contributed by atoms with Crippen molar-refractivity contribution in [1.82, 2.24) is 4.98 Å². The molecule has 1 aliphatic rings. The van der Waals surface area contributed by atoms with Crippen molar-refractivity contribution in [1.29, 1.82) is 0 Å². The number of H-pyrrole nitrogens is 1. The third-order valence-electron chi connectivity index (χ3n) is 5.72. The Morgan fingerprint density at radius 3 is 2.31 bits per heavy atom. The minimum absolute atomic E-state index is 0. The number of aromatic amines is 1. The average molecular weight is 500 g/mol. The van der Waals surface area contributed by atoms with E-state index < -0.39 is 0 Å². The number of pyridine rings is 1. The summed E-state index contributed by atoms with van der Waals surface area (Å²) in [5, 5.41) is 0. The molecule has 4 rings (SSSR count). The van der Waals surface area contributed by atoms with Crippen molar-refractivity contribution in [2.24, 2.45) is 5.41 Å². The van der Waals surface area contributed by atoms with E-state index in [-0.39, 0.29) is 35.2 Å². The quantitative estimate of drug-likeness (QED) is 0.434. The number of nitrogens with one attached hydrogen (secondary N) is 1. The lowest BCUT2D eigenvalue weighted by Gasteiger charge is -2.28. The van der Waals surface area contributed by atoms with Crippen LogP contribution in [0.3, 0.4) is 0 Å². The summed E-state index contributed by atoms with van der Waals surface area (Å²) in [5.74, 6) is 0.271. The summed E-state index contributed by atoms with van der Waals surface area (Å²) in [6.45, 7) is 8.71. The Hall–Kier alpha value is -1.95. The number of hydrogen-bond donors (Lipinski definition) is 1. The first kappa shape index (κ1) is 21.8. The summed E-state index contributed by atoms with van der Waals surface area (Å²) >= 11 is 0. The molecule has 0 saturated carbocycles. The largest absolute Gasteiger partial charge is 1.00 e. The van der Waals surface area contributed by atoms with Crippen LogP contribution >= 0.6 is 0 Å². The van der Waals surface area contributed by atoms with E-state index in [9.17, 15) is 4.79 Å². The van der Waals surface area contributed by atoms with Crippen molar-refractivity contribution in [3.63, 3.8) is 0 Å². The summed E-state index contributed by atoms with van der Waals surface area (Å²) < 4.78 is 2.19. The van der Waals surface area contributed by atoms with Crippen LogP contribution in [-0.4, -0.2) is 10.8 Å². The lowest BCUT2D eigenvalue weighted by molar-refractivity contribution is -0.716. The normalized spacial score (nSPS) is 15.1. The van der Waals surface area contributed by atoms with Gasteiger partial charge in [-0.1, -0.05) is 44.2 Å². The molecule has 1 aliphatic carbocycles. The molecule has 0 spiro atoms. The van der Waals surface area contributed by atoms with Crippen LogP contribution in [0.25, 0.3) is 11.3 Å². The SMILES string of the molecule is CC(C)[n+]1ccc(-c2[nH]c3c(c2Cc2ccccc2)C(=O)CC(C)(C)C3)cc1.[I-]. The number of nitrogens with zero attached hydrogens (tertiary/aromatic N) is 1. The molecule has 2 heterocycles. The number of hydrogen-bond acceptors (Lipinski definition) is 1. The van der Waals surface area contributed by atoms with Gasteiger partial charge in [-0.2, -0.15) is 0 Å². The van der Waals surface area contributed by atoms with Gasteiger partial charge in [0.25, 0.3) is 0 Å². The lowest BCUT2D eigenvalue weighted by Crippen LogP contribution is -3.00. The van der Waals surface area contributed by atoms with E-state index in [0.29, 0.717) is 12.5 Å². The second-order valence-electron chi connectivity index (χ2n) is 9.06. The van der Waals surface area contributed by atoms with E-state index in [4.69, 9.17) is 0 Å². The topological polar surface area (TPSA) is 36.7 Å². The Morgan fingerprint density at radius 2 is 1.69 bits per heavy atom. The molecule has 0 bridgehead atoms. The molecule has 3 aromatic rings. The Labute approximate surface area is 190 Å². The number of aromatic nitrogens is 2. The fraction of sp³-hybridized carbons (Fsp3) is 0.360. The lowest BCUT2D eigenvalue weighted by atomic mass is 9.75. The number of Topliss-reactive ketones (excluding diaryl/α,β-unsaturated/α-hetero) is 1. The smallest absolute Gasteiger partial charge is 0.169 e. The van der Waals surface area contributed by atoms with Crippen LogP contribution in [0, 0.1) is 5.41 Å². The molecule has 29 heavy (non-hydrogen) atoms. The number of benzene rings is 1. The summed E-state index contributed by atoms with van der Waals surface area (Å²) in [6.07, 6.45) is 6.54. The summed E-state index contributed by atoms with van der Waals surface area (Å²) in [6, 6.07) is 15.2. The van der Waals surface area contributed by atoms with Gasteiger partial charge < -0.3 is 29.0 Å². The fourth-order valence-corrected chi connectivity index (χ4v) is 4.30. The second-order valence-corrected chi connectivity index (χ2v) is 9.06. The van der Waals surface area contributed by atoms with Crippen molar-refractivity contribution in [3.8, 4) is 11.3 Å². The van der Waals surface area contributed by atoms with Crippen molar-refractivity contribution in [2.75, 3.05) is 0 Å². The third-order valence-corrected chi connectivity index (χ3v) is 5.72. The maximum Gasteiger partial charge on any atom is 0.169 e. The second kappa shape index (κ2) is 8.42. The molecule has 0 fully saturated rings. The molecule has 0 amide bonds. The molecular weight excluding hydrogens is 471 g/mol. The minimum atomic E-state index is 0. The molecule has 2 aromatic heterocycles. The zero-order valence-corrected chi connectivity index (χ0v) is 19.8. The van der Waals surface area contributed by atoms with Crippen LogP contribution in [0.2, 0.25) is 0 Å². The summed E-state index contributed by atoms with van der Waals surface area (Å²) in [5.41, 5.74) is 6.65. The number of halogens is 1. The van der Waals surface area contributed by atoms with E-state index in [0.717, 1.165) is 40.9 Å². The zero-order valence-electron chi connectivity index (χ0n) is 17.6. The molecule has 0 unspecified atom stereocenters. The summed E-state index contributed by atoms with van der Waals surface area (Å²) in [4.78, 5) is 16.7. The van der Waals surface area contributed by atoms with Gasteiger partial charge in [-0.25, -0.2) is 4.57 Å². The number of carbonyl (C=O) groups is 1. The molecule has 1 aromatic carbocycles. The maximum absolute atomic E-state index is 13.1. The van der Waals surface area contributed by atoms with Gasteiger partial charge in [0, 0.05) is 41.8 Å². The van der Waals surface area contributed by atoms with Gasteiger partial charge in [0.2, 0.25) is 0 Å². The van der Waals surface area contributed by atoms with Gasteiger partial charge in [-0.15, -0.1) is 0 Å². The molecule has 0 aliphatic heterocycles. The summed E-state index contributed by atoms with van der Waals surface area (Å²) in [7, 11) is 0. The fourth-order valence-electron chi connectivity index (χ4n) is 4.30. The van der Waals surface area contributed by atoms with Gasteiger partial charge in [-0.05, 0) is 36.8 Å². The van der Waals surface area contributed by atoms with Gasteiger partial charge in [0.1, 0.15) is 0 Å². The van der Waals surface area contributed by atoms with E-state index in [1.54, 1.807) is 0 Å². The number of carbonyl (C=O) groups excluding carboxylic acids is 1. The highest BCUT2D eigenvalue weighted by atomic mass is 127. The standard InChI is InChI=1S/C25H28N2O.HI/c1-17(2)27-12-10-19(11-13-27)24-20(14-18-8-6-5-7-9-18)23-21(26-24)15-25(3,4)16-22(23)28;/h5-13,17H,14-16H2,1-4H3;1H. The first-order valence-electron chi connectivity index (χ1n) is 10.2. The minimum Gasteiger partial charge on any atom is -1.00 e.